The zero-order valence-electron chi connectivity index (χ0n) is 8.46. The quantitative estimate of drug-likeness (QED) is 0.838. The summed E-state index contributed by atoms with van der Waals surface area (Å²) in [6.45, 7) is 2.94. The number of thiophene rings is 1. The molecule has 2 aromatic rings. The monoisotopic (exact) mass is 237 g/mol. The first-order valence-corrected chi connectivity index (χ1v) is 5.99. The molecular weight excluding hydrogens is 226 g/mol. The van der Waals surface area contributed by atoms with Crippen LogP contribution in [-0.2, 0) is 6.54 Å². The minimum Gasteiger partial charge on any atom is -0.380 e. The fourth-order valence-corrected chi connectivity index (χ4v) is 2.43. The molecule has 0 amide bonds. The molecule has 1 heterocycles. The van der Waals surface area contributed by atoms with Gasteiger partial charge in [0, 0.05) is 17.1 Å². The van der Waals surface area contributed by atoms with E-state index in [-0.39, 0.29) is 0 Å². The molecule has 0 aliphatic rings. The van der Waals surface area contributed by atoms with Crippen molar-refractivity contribution in [3.63, 3.8) is 0 Å². The molecule has 0 atom stereocenters. The third-order valence-electron chi connectivity index (χ3n) is 2.23. The standard InChI is InChI=1S/C12H12ClNS/c1-9-4-2-3-5-11(9)14-8-10-6-7-12(13)15-10/h2-7,14H,8H2,1H3. The van der Waals surface area contributed by atoms with E-state index in [0.717, 1.165) is 10.9 Å². The van der Waals surface area contributed by atoms with E-state index in [4.69, 9.17) is 11.6 Å². The van der Waals surface area contributed by atoms with Crippen LogP contribution in [0.3, 0.4) is 0 Å². The Labute approximate surface area is 98.7 Å². The molecule has 0 saturated carbocycles. The first kappa shape index (κ1) is 10.5. The average Bonchev–Trinajstić information content (AvgIpc) is 2.63. The van der Waals surface area contributed by atoms with Crippen molar-refractivity contribution in [2.24, 2.45) is 0 Å². The van der Waals surface area contributed by atoms with Crippen molar-refractivity contribution in [1.82, 2.24) is 0 Å². The van der Waals surface area contributed by atoms with Crippen molar-refractivity contribution in [1.29, 1.82) is 0 Å². The second-order valence-corrected chi connectivity index (χ2v) is 5.17. The zero-order chi connectivity index (χ0) is 10.7. The number of anilines is 1. The summed E-state index contributed by atoms with van der Waals surface area (Å²) in [6, 6.07) is 12.3. The van der Waals surface area contributed by atoms with Crippen LogP contribution in [-0.4, -0.2) is 0 Å². The molecule has 2 rings (SSSR count). The molecule has 15 heavy (non-hydrogen) atoms. The molecule has 1 nitrogen and oxygen atoms in total. The maximum atomic E-state index is 5.86. The minimum absolute atomic E-state index is 0.836. The third kappa shape index (κ3) is 2.74. The summed E-state index contributed by atoms with van der Waals surface area (Å²) in [4.78, 5) is 1.25. The van der Waals surface area contributed by atoms with Crippen molar-refractivity contribution >= 4 is 28.6 Å². The zero-order valence-corrected chi connectivity index (χ0v) is 10.0. The van der Waals surface area contributed by atoms with Crippen LogP contribution in [0.5, 0.6) is 0 Å². The van der Waals surface area contributed by atoms with Gasteiger partial charge in [-0.2, -0.15) is 0 Å². The Hall–Kier alpha value is -0.990. The van der Waals surface area contributed by atoms with Gasteiger partial charge in [0.1, 0.15) is 0 Å². The number of nitrogens with one attached hydrogen (secondary N) is 1. The molecule has 0 spiro atoms. The molecule has 1 aromatic heterocycles. The summed E-state index contributed by atoms with van der Waals surface area (Å²) in [5.74, 6) is 0. The summed E-state index contributed by atoms with van der Waals surface area (Å²) in [5, 5.41) is 3.39. The molecule has 0 unspecified atom stereocenters. The summed E-state index contributed by atoms with van der Waals surface area (Å²) in [7, 11) is 0. The fraction of sp³-hybridized carbons (Fsp3) is 0.167. The van der Waals surface area contributed by atoms with Gasteiger partial charge in [-0.15, -0.1) is 11.3 Å². The molecule has 78 valence electrons. The van der Waals surface area contributed by atoms with E-state index in [9.17, 15) is 0 Å². The highest BCUT2D eigenvalue weighted by atomic mass is 35.5. The summed E-state index contributed by atoms with van der Waals surface area (Å²) in [5.41, 5.74) is 2.45. The minimum atomic E-state index is 0.836. The highest BCUT2D eigenvalue weighted by Crippen LogP contribution is 2.22. The van der Waals surface area contributed by atoms with Gasteiger partial charge < -0.3 is 5.32 Å². The highest BCUT2D eigenvalue weighted by Gasteiger charge is 1.99. The lowest BCUT2D eigenvalue weighted by atomic mass is 10.2. The van der Waals surface area contributed by atoms with Crippen molar-refractivity contribution < 1.29 is 0 Å². The number of para-hydroxylation sites is 1. The number of hydrogen-bond donors (Lipinski definition) is 1. The lowest BCUT2D eigenvalue weighted by Crippen LogP contribution is -1.98. The Morgan fingerprint density at radius 2 is 2.00 bits per heavy atom. The van der Waals surface area contributed by atoms with Crippen LogP contribution in [0.4, 0.5) is 5.69 Å². The van der Waals surface area contributed by atoms with Gasteiger partial charge in [0.15, 0.2) is 0 Å². The molecule has 1 N–H and O–H groups in total. The van der Waals surface area contributed by atoms with Gasteiger partial charge in [0.05, 0.1) is 4.34 Å². The third-order valence-corrected chi connectivity index (χ3v) is 3.46. The van der Waals surface area contributed by atoms with Gasteiger partial charge in [0.25, 0.3) is 0 Å². The van der Waals surface area contributed by atoms with Crippen LogP contribution in [0.15, 0.2) is 36.4 Å². The number of rotatable bonds is 3. The number of halogens is 1. The van der Waals surface area contributed by atoms with Crippen molar-refractivity contribution in [2.45, 2.75) is 13.5 Å². The average molecular weight is 238 g/mol. The maximum absolute atomic E-state index is 5.86. The van der Waals surface area contributed by atoms with Crippen LogP contribution in [0, 0.1) is 6.92 Å². The van der Waals surface area contributed by atoms with E-state index in [1.807, 2.05) is 18.2 Å². The summed E-state index contributed by atoms with van der Waals surface area (Å²) >= 11 is 7.48. The first-order valence-electron chi connectivity index (χ1n) is 4.79. The van der Waals surface area contributed by atoms with Crippen LogP contribution >= 0.6 is 22.9 Å². The molecule has 0 aliphatic carbocycles. The molecule has 0 radical (unpaired) electrons. The Morgan fingerprint density at radius 1 is 1.20 bits per heavy atom. The lowest BCUT2D eigenvalue weighted by molar-refractivity contribution is 1.18. The molecule has 3 heteroatoms. The second kappa shape index (κ2) is 4.69. The van der Waals surface area contributed by atoms with Crippen molar-refractivity contribution in [3.05, 3.63) is 51.2 Å². The van der Waals surface area contributed by atoms with E-state index in [1.54, 1.807) is 11.3 Å². The van der Waals surface area contributed by atoms with Crippen molar-refractivity contribution in [2.75, 3.05) is 5.32 Å². The van der Waals surface area contributed by atoms with E-state index >= 15 is 0 Å². The molecule has 0 saturated heterocycles. The topological polar surface area (TPSA) is 12.0 Å². The SMILES string of the molecule is Cc1ccccc1NCc1ccc(Cl)s1. The smallest absolute Gasteiger partial charge is 0.0931 e. The van der Waals surface area contributed by atoms with E-state index in [0.29, 0.717) is 0 Å². The van der Waals surface area contributed by atoms with Crippen LogP contribution < -0.4 is 5.32 Å². The largest absolute Gasteiger partial charge is 0.380 e. The van der Waals surface area contributed by atoms with Gasteiger partial charge in [0.2, 0.25) is 0 Å². The normalized spacial score (nSPS) is 10.3. The van der Waals surface area contributed by atoms with E-state index < -0.39 is 0 Å². The molecule has 0 bridgehead atoms. The highest BCUT2D eigenvalue weighted by molar-refractivity contribution is 7.16. The molecule has 0 fully saturated rings. The van der Waals surface area contributed by atoms with Gasteiger partial charge in [-0.1, -0.05) is 29.8 Å². The molecular formula is C12H12ClNS. The predicted octanol–water partition coefficient (Wildman–Crippen LogP) is 4.32. The van der Waals surface area contributed by atoms with Gasteiger partial charge >= 0.3 is 0 Å². The number of hydrogen-bond acceptors (Lipinski definition) is 2. The Kier molecular flexibility index (Phi) is 3.29. The summed E-state index contributed by atoms with van der Waals surface area (Å²) < 4.78 is 0.844. The summed E-state index contributed by atoms with van der Waals surface area (Å²) in [6.07, 6.45) is 0. The van der Waals surface area contributed by atoms with Crippen LogP contribution in [0.1, 0.15) is 10.4 Å². The van der Waals surface area contributed by atoms with Gasteiger partial charge in [-0.3, -0.25) is 0 Å². The Bertz CT molecular complexity index is 450. The maximum Gasteiger partial charge on any atom is 0.0931 e. The molecule has 1 aromatic carbocycles. The fourth-order valence-electron chi connectivity index (χ4n) is 1.40. The van der Waals surface area contributed by atoms with Gasteiger partial charge in [-0.05, 0) is 30.7 Å². The molecule has 0 aliphatic heterocycles. The number of benzene rings is 1. The van der Waals surface area contributed by atoms with Crippen molar-refractivity contribution in [3.8, 4) is 0 Å². The second-order valence-electron chi connectivity index (χ2n) is 3.37. The van der Waals surface area contributed by atoms with Crippen LogP contribution in [0.25, 0.3) is 0 Å². The predicted molar refractivity (Wildman–Crippen MR) is 67.8 cm³/mol. The lowest BCUT2D eigenvalue weighted by Gasteiger charge is -2.07. The van der Waals surface area contributed by atoms with E-state index in [2.05, 4.69) is 30.4 Å². The number of aryl methyl sites for hydroxylation is 1. The Balaban J connectivity index is 2.02. The van der Waals surface area contributed by atoms with Gasteiger partial charge in [-0.25, -0.2) is 0 Å². The first-order chi connectivity index (χ1) is 7.25. The van der Waals surface area contributed by atoms with Crippen LogP contribution in [0.2, 0.25) is 4.34 Å². The Morgan fingerprint density at radius 3 is 2.67 bits per heavy atom. The van der Waals surface area contributed by atoms with E-state index in [1.165, 1.54) is 16.1 Å².